The third kappa shape index (κ3) is 4.51. The van der Waals surface area contributed by atoms with Crippen LogP contribution in [0, 0.1) is 0 Å². The smallest absolute Gasteiger partial charge is 0.247 e. The van der Waals surface area contributed by atoms with Crippen molar-refractivity contribution >= 4 is 45.8 Å². The fourth-order valence-electron chi connectivity index (χ4n) is 3.43. The van der Waals surface area contributed by atoms with E-state index in [1.165, 1.54) is 20.3 Å². The standard InChI is InChI=1S/C24H20Cl2N4O3/c1-4-21(31)28-15-7-5-6-14(10-15)24-27-12-18-17(29-24)8-9-30(18)13-16-22(25)19(32-2)11-20(33-3)23(16)26/h4-12H,1,13H2,2-3H3,(H,28,31). The molecule has 0 radical (unpaired) electrons. The third-order valence-corrected chi connectivity index (χ3v) is 5.92. The predicted octanol–water partition coefficient (Wildman–Crippen LogP) is 5.60. The van der Waals surface area contributed by atoms with Gasteiger partial charge in [0.2, 0.25) is 5.91 Å². The van der Waals surface area contributed by atoms with Crippen LogP contribution in [0.5, 0.6) is 11.5 Å². The number of hydrogen-bond acceptors (Lipinski definition) is 5. The Bertz CT molecular complexity index is 1340. The minimum atomic E-state index is -0.285. The number of nitrogens with zero attached hydrogens (tertiary/aromatic N) is 3. The van der Waals surface area contributed by atoms with Crippen molar-refractivity contribution in [3.8, 4) is 22.9 Å². The van der Waals surface area contributed by atoms with Crippen molar-refractivity contribution in [2.45, 2.75) is 6.54 Å². The van der Waals surface area contributed by atoms with Gasteiger partial charge in [0.15, 0.2) is 5.82 Å². The molecule has 0 bridgehead atoms. The van der Waals surface area contributed by atoms with E-state index in [2.05, 4.69) is 21.9 Å². The molecule has 168 valence electrons. The summed E-state index contributed by atoms with van der Waals surface area (Å²) in [6.07, 6.45) is 4.85. The van der Waals surface area contributed by atoms with Crippen molar-refractivity contribution in [2.24, 2.45) is 0 Å². The number of nitrogens with one attached hydrogen (secondary N) is 1. The lowest BCUT2D eigenvalue weighted by Gasteiger charge is -2.15. The van der Waals surface area contributed by atoms with Crippen LogP contribution in [-0.4, -0.2) is 34.7 Å². The normalized spacial score (nSPS) is 10.8. The number of halogens is 2. The van der Waals surface area contributed by atoms with E-state index in [1.54, 1.807) is 18.3 Å². The highest BCUT2D eigenvalue weighted by Gasteiger charge is 2.18. The topological polar surface area (TPSA) is 78.3 Å². The second-order valence-corrected chi connectivity index (χ2v) is 7.83. The highest BCUT2D eigenvalue weighted by atomic mass is 35.5. The van der Waals surface area contributed by atoms with Crippen LogP contribution in [0.25, 0.3) is 22.4 Å². The number of fused-ring (bicyclic) bond motifs is 1. The molecule has 0 saturated heterocycles. The largest absolute Gasteiger partial charge is 0.495 e. The Morgan fingerprint density at radius 3 is 2.55 bits per heavy atom. The molecule has 0 aliphatic rings. The zero-order valence-electron chi connectivity index (χ0n) is 17.9. The molecular weight excluding hydrogens is 463 g/mol. The summed E-state index contributed by atoms with van der Waals surface area (Å²) >= 11 is 13.1. The number of carbonyl (C=O) groups excluding carboxylic acids is 1. The van der Waals surface area contributed by atoms with Crippen molar-refractivity contribution in [2.75, 3.05) is 19.5 Å². The molecule has 0 unspecified atom stereocenters. The van der Waals surface area contributed by atoms with Crippen LogP contribution in [0.3, 0.4) is 0 Å². The van der Waals surface area contributed by atoms with Crippen molar-refractivity contribution in [3.05, 3.63) is 77.1 Å². The SMILES string of the molecule is C=CC(=O)Nc1cccc(-c2ncc3c(ccn3Cc3c(Cl)c(OC)cc(OC)c3Cl)n2)c1. The lowest BCUT2D eigenvalue weighted by molar-refractivity contribution is -0.111. The predicted molar refractivity (Wildman–Crippen MR) is 130 cm³/mol. The molecule has 4 rings (SSSR count). The Kier molecular flexibility index (Phi) is 6.53. The Morgan fingerprint density at radius 1 is 1.15 bits per heavy atom. The van der Waals surface area contributed by atoms with Crippen LogP contribution in [0.4, 0.5) is 5.69 Å². The number of ether oxygens (including phenoxy) is 2. The molecule has 2 aromatic carbocycles. The molecule has 2 heterocycles. The van der Waals surface area contributed by atoms with Crippen LogP contribution >= 0.6 is 23.2 Å². The van der Waals surface area contributed by atoms with E-state index in [0.29, 0.717) is 45.2 Å². The zero-order chi connectivity index (χ0) is 23.5. The number of benzene rings is 2. The summed E-state index contributed by atoms with van der Waals surface area (Å²) in [7, 11) is 3.08. The van der Waals surface area contributed by atoms with Gasteiger partial charge in [-0.25, -0.2) is 9.97 Å². The first kappa shape index (κ1) is 22.6. The molecule has 9 heteroatoms. The lowest BCUT2D eigenvalue weighted by atomic mass is 10.1. The van der Waals surface area contributed by atoms with Gasteiger partial charge in [0.25, 0.3) is 0 Å². The van der Waals surface area contributed by atoms with Crippen LogP contribution < -0.4 is 14.8 Å². The first-order chi connectivity index (χ1) is 15.9. The summed E-state index contributed by atoms with van der Waals surface area (Å²) in [4.78, 5) is 20.8. The zero-order valence-corrected chi connectivity index (χ0v) is 19.4. The van der Waals surface area contributed by atoms with E-state index < -0.39 is 0 Å². The van der Waals surface area contributed by atoms with E-state index >= 15 is 0 Å². The van der Waals surface area contributed by atoms with E-state index in [4.69, 9.17) is 32.7 Å². The van der Waals surface area contributed by atoms with Gasteiger partial charge < -0.3 is 19.4 Å². The number of aromatic nitrogens is 3. The average molecular weight is 483 g/mol. The molecule has 0 spiro atoms. The van der Waals surface area contributed by atoms with Gasteiger partial charge in [0.1, 0.15) is 11.5 Å². The highest BCUT2D eigenvalue weighted by molar-refractivity contribution is 6.37. The summed E-state index contributed by atoms with van der Waals surface area (Å²) in [5.74, 6) is 1.21. The van der Waals surface area contributed by atoms with Crippen molar-refractivity contribution in [1.82, 2.24) is 14.5 Å². The minimum Gasteiger partial charge on any atom is -0.495 e. The van der Waals surface area contributed by atoms with E-state index in [1.807, 2.05) is 35.0 Å². The number of carbonyl (C=O) groups is 1. The summed E-state index contributed by atoms with van der Waals surface area (Å²) < 4.78 is 12.7. The number of amides is 1. The van der Waals surface area contributed by atoms with Crippen LogP contribution in [-0.2, 0) is 11.3 Å². The Morgan fingerprint density at radius 2 is 1.88 bits per heavy atom. The molecule has 0 saturated carbocycles. The van der Waals surface area contributed by atoms with Crippen molar-refractivity contribution in [3.63, 3.8) is 0 Å². The first-order valence-electron chi connectivity index (χ1n) is 9.89. The maximum atomic E-state index is 11.6. The van der Waals surface area contributed by atoms with E-state index in [0.717, 1.165) is 16.6 Å². The second-order valence-electron chi connectivity index (χ2n) is 7.07. The molecule has 0 atom stereocenters. The van der Waals surface area contributed by atoms with Gasteiger partial charge in [-0.2, -0.15) is 0 Å². The molecule has 0 aliphatic carbocycles. The van der Waals surface area contributed by atoms with Gasteiger partial charge in [0, 0.05) is 29.1 Å². The fourth-order valence-corrected chi connectivity index (χ4v) is 4.05. The van der Waals surface area contributed by atoms with Gasteiger partial charge >= 0.3 is 0 Å². The van der Waals surface area contributed by atoms with E-state index in [-0.39, 0.29) is 5.91 Å². The molecule has 1 N–H and O–H groups in total. The monoisotopic (exact) mass is 482 g/mol. The van der Waals surface area contributed by atoms with Gasteiger partial charge in [-0.1, -0.05) is 41.9 Å². The quantitative estimate of drug-likeness (QED) is 0.347. The number of rotatable bonds is 7. The van der Waals surface area contributed by atoms with E-state index in [9.17, 15) is 4.79 Å². The number of methoxy groups -OCH3 is 2. The Hall–Kier alpha value is -3.55. The maximum Gasteiger partial charge on any atom is 0.247 e. The molecule has 33 heavy (non-hydrogen) atoms. The van der Waals surface area contributed by atoms with Crippen molar-refractivity contribution in [1.29, 1.82) is 0 Å². The third-order valence-electron chi connectivity index (χ3n) is 5.09. The van der Waals surface area contributed by atoms with Gasteiger partial charge in [0.05, 0.1) is 48.0 Å². The minimum absolute atomic E-state index is 0.285. The summed E-state index contributed by atoms with van der Waals surface area (Å²) in [6, 6.07) is 10.8. The summed E-state index contributed by atoms with van der Waals surface area (Å²) in [5.41, 5.74) is 3.64. The molecule has 0 fully saturated rings. The number of anilines is 1. The van der Waals surface area contributed by atoms with Crippen LogP contribution in [0.1, 0.15) is 5.56 Å². The maximum absolute atomic E-state index is 11.6. The fraction of sp³-hybridized carbons (Fsp3) is 0.125. The first-order valence-corrected chi connectivity index (χ1v) is 10.6. The van der Waals surface area contributed by atoms with Gasteiger partial charge in [-0.15, -0.1) is 0 Å². The van der Waals surface area contributed by atoms with Gasteiger partial charge in [-0.05, 0) is 24.3 Å². The Balaban J connectivity index is 1.69. The molecule has 2 aromatic heterocycles. The second kappa shape index (κ2) is 9.52. The molecular formula is C24H20Cl2N4O3. The lowest BCUT2D eigenvalue weighted by Crippen LogP contribution is -2.07. The van der Waals surface area contributed by atoms with Crippen LogP contribution in [0.2, 0.25) is 10.0 Å². The Labute approximate surface area is 200 Å². The van der Waals surface area contributed by atoms with Gasteiger partial charge in [-0.3, -0.25) is 4.79 Å². The average Bonchev–Trinajstić information content (AvgIpc) is 3.24. The molecule has 7 nitrogen and oxygen atoms in total. The van der Waals surface area contributed by atoms with Crippen molar-refractivity contribution < 1.29 is 14.3 Å². The highest BCUT2D eigenvalue weighted by Crippen LogP contribution is 2.41. The number of hydrogen-bond donors (Lipinski definition) is 1. The van der Waals surface area contributed by atoms with Crippen LogP contribution in [0.15, 0.2) is 61.4 Å². The summed E-state index contributed by atoms with van der Waals surface area (Å²) in [6.45, 7) is 3.84. The molecule has 0 aliphatic heterocycles. The molecule has 1 amide bonds. The summed E-state index contributed by atoms with van der Waals surface area (Å²) in [5, 5.41) is 3.57. The molecule has 4 aromatic rings.